The molecular formula is C16H9ClN4O3. The highest BCUT2D eigenvalue weighted by Crippen LogP contribution is 2.26. The number of anilines is 1. The molecule has 0 saturated heterocycles. The summed E-state index contributed by atoms with van der Waals surface area (Å²) in [6.07, 6.45) is 1.31. The number of nitrogens with one attached hydrogen (secondary N) is 1. The summed E-state index contributed by atoms with van der Waals surface area (Å²) in [6, 6.07) is 13.0. The summed E-state index contributed by atoms with van der Waals surface area (Å²) in [5, 5.41) is 23.5. The molecule has 1 aromatic heterocycles. The molecule has 8 heteroatoms. The number of aromatic nitrogens is 1. The fourth-order valence-electron chi connectivity index (χ4n) is 2.06. The Morgan fingerprint density at radius 3 is 2.92 bits per heavy atom. The van der Waals surface area contributed by atoms with E-state index in [1.165, 1.54) is 18.3 Å². The lowest BCUT2D eigenvalue weighted by Crippen LogP contribution is -1.96. The van der Waals surface area contributed by atoms with E-state index in [0.717, 1.165) is 0 Å². The Kier molecular flexibility index (Phi) is 4.14. The molecule has 0 amide bonds. The molecule has 24 heavy (non-hydrogen) atoms. The van der Waals surface area contributed by atoms with E-state index in [-0.39, 0.29) is 22.8 Å². The summed E-state index contributed by atoms with van der Waals surface area (Å²) in [7, 11) is 0. The monoisotopic (exact) mass is 340 g/mol. The van der Waals surface area contributed by atoms with Gasteiger partial charge in [0, 0.05) is 17.3 Å². The normalized spacial score (nSPS) is 11.2. The number of oxazole rings is 1. The summed E-state index contributed by atoms with van der Waals surface area (Å²) < 4.78 is 5.51. The van der Waals surface area contributed by atoms with Crippen molar-refractivity contribution in [3.8, 4) is 6.07 Å². The van der Waals surface area contributed by atoms with Crippen LogP contribution >= 0.6 is 11.6 Å². The number of hydrogen-bond acceptors (Lipinski definition) is 6. The minimum atomic E-state index is -0.510. The van der Waals surface area contributed by atoms with Crippen molar-refractivity contribution >= 4 is 39.6 Å². The summed E-state index contributed by atoms with van der Waals surface area (Å²) >= 11 is 5.89. The van der Waals surface area contributed by atoms with Crippen LogP contribution in [0.2, 0.25) is 5.02 Å². The van der Waals surface area contributed by atoms with Crippen LogP contribution in [0.3, 0.4) is 0 Å². The first-order valence-electron chi connectivity index (χ1n) is 6.75. The molecule has 3 rings (SSSR count). The van der Waals surface area contributed by atoms with E-state index in [9.17, 15) is 15.4 Å². The molecule has 0 aliphatic rings. The molecule has 118 valence electrons. The zero-order chi connectivity index (χ0) is 17.1. The van der Waals surface area contributed by atoms with Crippen LogP contribution in [-0.4, -0.2) is 9.91 Å². The first kappa shape index (κ1) is 15.5. The predicted octanol–water partition coefficient (Wildman–Crippen LogP) is 4.37. The van der Waals surface area contributed by atoms with E-state index in [2.05, 4.69) is 10.3 Å². The van der Waals surface area contributed by atoms with Crippen LogP contribution in [0, 0.1) is 21.4 Å². The molecule has 0 aliphatic heterocycles. The Hall–Kier alpha value is -3.37. The van der Waals surface area contributed by atoms with E-state index < -0.39 is 4.92 Å². The molecule has 7 nitrogen and oxygen atoms in total. The smallest absolute Gasteiger partial charge is 0.292 e. The van der Waals surface area contributed by atoms with Crippen molar-refractivity contribution in [2.45, 2.75) is 0 Å². The lowest BCUT2D eigenvalue weighted by atomic mass is 10.2. The van der Waals surface area contributed by atoms with Gasteiger partial charge in [0.15, 0.2) is 5.58 Å². The van der Waals surface area contributed by atoms with Crippen LogP contribution in [0.25, 0.3) is 16.7 Å². The number of nitro benzene ring substituents is 1. The number of fused-ring (bicyclic) bond motifs is 1. The van der Waals surface area contributed by atoms with Crippen molar-refractivity contribution in [1.29, 1.82) is 5.26 Å². The number of nitro groups is 1. The van der Waals surface area contributed by atoms with Gasteiger partial charge >= 0.3 is 0 Å². The maximum Gasteiger partial charge on any atom is 0.292 e. The standard InChI is InChI=1S/C16H9ClN4O3/c17-11-5-6-15-13(7-11)20-16(24-15)10(8-18)9-19-12-3-1-2-4-14(12)21(22)23/h1-7,9,19H/b10-9-. The molecule has 1 heterocycles. The largest absolute Gasteiger partial charge is 0.435 e. The second kappa shape index (κ2) is 6.40. The highest BCUT2D eigenvalue weighted by atomic mass is 35.5. The molecule has 2 aromatic carbocycles. The molecule has 0 fully saturated rings. The van der Waals surface area contributed by atoms with E-state index in [1.54, 1.807) is 30.3 Å². The number of benzene rings is 2. The summed E-state index contributed by atoms with van der Waals surface area (Å²) in [6.45, 7) is 0. The topological polar surface area (TPSA) is 105 Å². The van der Waals surface area contributed by atoms with Crippen LogP contribution in [0.4, 0.5) is 11.4 Å². The van der Waals surface area contributed by atoms with Crippen molar-refractivity contribution in [2.75, 3.05) is 5.32 Å². The van der Waals surface area contributed by atoms with E-state index in [1.807, 2.05) is 6.07 Å². The summed E-state index contributed by atoms with van der Waals surface area (Å²) in [4.78, 5) is 14.7. The van der Waals surface area contributed by atoms with Crippen LogP contribution in [-0.2, 0) is 0 Å². The second-order valence-electron chi connectivity index (χ2n) is 4.72. The number of allylic oxidation sites excluding steroid dienone is 1. The Bertz CT molecular complexity index is 1000. The van der Waals surface area contributed by atoms with Gasteiger partial charge in [-0.2, -0.15) is 5.26 Å². The molecule has 1 N–H and O–H groups in total. The first-order chi connectivity index (χ1) is 11.6. The molecule has 0 atom stereocenters. The van der Waals surface area contributed by atoms with Crippen molar-refractivity contribution in [3.63, 3.8) is 0 Å². The Morgan fingerprint density at radius 2 is 2.17 bits per heavy atom. The molecule has 0 saturated carbocycles. The number of rotatable bonds is 4. The molecule has 0 radical (unpaired) electrons. The van der Waals surface area contributed by atoms with Crippen LogP contribution in [0.15, 0.2) is 53.1 Å². The van der Waals surface area contributed by atoms with Crippen LogP contribution in [0.5, 0.6) is 0 Å². The lowest BCUT2D eigenvalue weighted by molar-refractivity contribution is -0.383. The Balaban J connectivity index is 1.95. The zero-order valence-electron chi connectivity index (χ0n) is 12.1. The third-order valence-corrected chi connectivity index (χ3v) is 3.41. The van der Waals surface area contributed by atoms with Gasteiger partial charge in [0.05, 0.1) is 4.92 Å². The Morgan fingerprint density at radius 1 is 1.38 bits per heavy atom. The van der Waals surface area contributed by atoms with Gasteiger partial charge in [-0.15, -0.1) is 0 Å². The third kappa shape index (κ3) is 3.04. The van der Waals surface area contributed by atoms with Gasteiger partial charge in [-0.25, -0.2) is 4.98 Å². The van der Waals surface area contributed by atoms with Crippen molar-refractivity contribution in [2.24, 2.45) is 0 Å². The number of hydrogen-bond donors (Lipinski definition) is 1. The van der Waals surface area contributed by atoms with Gasteiger partial charge in [0.25, 0.3) is 5.69 Å². The number of nitrogens with zero attached hydrogens (tertiary/aromatic N) is 3. The average Bonchev–Trinajstić information content (AvgIpc) is 2.98. The van der Waals surface area contributed by atoms with Gasteiger partial charge in [-0.05, 0) is 24.3 Å². The maximum absolute atomic E-state index is 11.0. The molecule has 3 aromatic rings. The maximum atomic E-state index is 11.0. The first-order valence-corrected chi connectivity index (χ1v) is 7.13. The molecule has 0 aliphatic carbocycles. The van der Waals surface area contributed by atoms with E-state index >= 15 is 0 Å². The SMILES string of the molecule is N#C/C(=C/Nc1ccccc1[N+](=O)[O-])c1nc2cc(Cl)ccc2o1. The van der Waals surface area contributed by atoms with E-state index in [0.29, 0.717) is 16.1 Å². The molecule has 0 bridgehead atoms. The second-order valence-corrected chi connectivity index (χ2v) is 5.16. The van der Waals surface area contributed by atoms with Gasteiger partial charge < -0.3 is 9.73 Å². The van der Waals surface area contributed by atoms with Crippen molar-refractivity contribution in [1.82, 2.24) is 4.98 Å². The van der Waals surface area contributed by atoms with Gasteiger partial charge in [-0.1, -0.05) is 23.7 Å². The lowest BCUT2D eigenvalue weighted by Gasteiger charge is -2.02. The van der Waals surface area contributed by atoms with E-state index in [4.69, 9.17) is 16.0 Å². The molecular weight excluding hydrogens is 332 g/mol. The number of para-hydroxylation sites is 2. The minimum absolute atomic E-state index is 0.0977. The summed E-state index contributed by atoms with van der Waals surface area (Å²) in [5.41, 5.74) is 1.26. The minimum Gasteiger partial charge on any atom is -0.435 e. The summed E-state index contributed by atoms with van der Waals surface area (Å²) in [5.74, 6) is 0.0980. The fourth-order valence-corrected chi connectivity index (χ4v) is 2.23. The highest BCUT2D eigenvalue weighted by molar-refractivity contribution is 6.31. The van der Waals surface area contributed by atoms with Gasteiger partial charge in [-0.3, -0.25) is 10.1 Å². The van der Waals surface area contributed by atoms with Crippen molar-refractivity contribution in [3.05, 3.63) is 69.7 Å². The van der Waals surface area contributed by atoms with Crippen LogP contribution < -0.4 is 5.32 Å². The van der Waals surface area contributed by atoms with Crippen molar-refractivity contribution < 1.29 is 9.34 Å². The number of nitriles is 1. The highest BCUT2D eigenvalue weighted by Gasteiger charge is 2.14. The molecule has 0 unspecified atom stereocenters. The number of halogens is 1. The van der Waals surface area contributed by atoms with Crippen LogP contribution in [0.1, 0.15) is 5.89 Å². The Labute approximate surface area is 140 Å². The van der Waals surface area contributed by atoms with Gasteiger partial charge in [0.2, 0.25) is 5.89 Å². The molecule has 0 spiro atoms. The third-order valence-electron chi connectivity index (χ3n) is 3.17. The quantitative estimate of drug-likeness (QED) is 0.429. The van der Waals surface area contributed by atoms with Gasteiger partial charge in [0.1, 0.15) is 22.8 Å². The fraction of sp³-hybridized carbons (Fsp3) is 0. The zero-order valence-corrected chi connectivity index (χ0v) is 12.8. The predicted molar refractivity (Wildman–Crippen MR) is 89.3 cm³/mol. The average molecular weight is 341 g/mol.